The van der Waals surface area contributed by atoms with E-state index in [9.17, 15) is 14.3 Å². The summed E-state index contributed by atoms with van der Waals surface area (Å²) in [6.45, 7) is 1.04. The van der Waals surface area contributed by atoms with E-state index in [4.69, 9.17) is 4.74 Å². The number of nitrogens with zero attached hydrogens (tertiary/aromatic N) is 1. The zero-order valence-electron chi connectivity index (χ0n) is 10.2. The van der Waals surface area contributed by atoms with Crippen molar-refractivity contribution in [3.05, 3.63) is 29.6 Å². The summed E-state index contributed by atoms with van der Waals surface area (Å²) in [5.74, 6) is -1.46. The third-order valence-corrected chi connectivity index (χ3v) is 3.27. The molecule has 1 amide bonds. The lowest BCUT2D eigenvalue weighted by molar-refractivity contribution is 0.0347. The smallest absolute Gasteiger partial charge is 0.260 e. The van der Waals surface area contributed by atoms with Crippen LogP contribution in [0.2, 0.25) is 0 Å². The lowest BCUT2D eigenvalue weighted by Crippen LogP contribution is -2.40. The molecular formula is C13H16FNO3. The van der Waals surface area contributed by atoms with Crippen LogP contribution in [0.25, 0.3) is 0 Å². The number of hydrogen-bond acceptors (Lipinski definition) is 3. The van der Waals surface area contributed by atoms with Gasteiger partial charge in [-0.15, -0.1) is 0 Å². The summed E-state index contributed by atoms with van der Waals surface area (Å²) in [4.78, 5) is 13.7. The van der Waals surface area contributed by atoms with Crippen LogP contribution in [0.5, 0.6) is 5.75 Å². The lowest BCUT2D eigenvalue weighted by atomic mass is 10.1. The van der Waals surface area contributed by atoms with Crippen molar-refractivity contribution in [1.82, 2.24) is 4.90 Å². The standard InChI is InChI=1S/C13H16FNO3/c1-18-9-5-7-15(8-6-9)13(17)12-10(14)3-2-4-11(12)16/h2-4,9,16H,5-8H2,1H3. The van der Waals surface area contributed by atoms with Crippen LogP contribution in [0.15, 0.2) is 18.2 Å². The fraction of sp³-hybridized carbons (Fsp3) is 0.462. The number of amides is 1. The first-order valence-corrected chi connectivity index (χ1v) is 5.93. The molecular weight excluding hydrogens is 237 g/mol. The van der Waals surface area contributed by atoms with Gasteiger partial charge in [-0.25, -0.2) is 4.39 Å². The quantitative estimate of drug-likeness (QED) is 0.874. The number of hydrogen-bond donors (Lipinski definition) is 1. The fourth-order valence-electron chi connectivity index (χ4n) is 2.18. The Balaban J connectivity index is 2.13. The average Bonchev–Trinajstić information content (AvgIpc) is 2.38. The number of carbonyl (C=O) groups excluding carboxylic acids is 1. The molecule has 1 heterocycles. The Morgan fingerprint density at radius 1 is 1.44 bits per heavy atom. The molecule has 0 atom stereocenters. The monoisotopic (exact) mass is 253 g/mol. The molecule has 5 heteroatoms. The van der Waals surface area contributed by atoms with Crippen molar-refractivity contribution in [3.63, 3.8) is 0 Å². The van der Waals surface area contributed by atoms with Gasteiger partial charge in [0.05, 0.1) is 6.10 Å². The highest BCUT2D eigenvalue weighted by molar-refractivity contribution is 5.97. The van der Waals surface area contributed by atoms with E-state index in [-0.39, 0.29) is 17.4 Å². The highest BCUT2D eigenvalue weighted by atomic mass is 19.1. The lowest BCUT2D eigenvalue weighted by Gasteiger charge is -2.31. The van der Waals surface area contributed by atoms with Crippen molar-refractivity contribution >= 4 is 5.91 Å². The van der Waals surface area contributed by atoms with Crippen LogP contribution in [0.3, 0.4) is 0 Å². The molecule has 1 aliphatic heterocycles. The fourth-order valence-corrected chi connectivity index (χ4v) is 2.18. The first-order valence-electron chi connectivity index (χ1n) is 5.93. The van der Waals surface area contributed by atoms with Crippen molar-refractivity contribution in [1.29, 1.82) is 0 Å². The van der Waals surface area contributed by atoms with Gasteiger partial charge in [0.25, 0.3) is 5.91 Å². The van der Waals surface area contributed by atoms with E-state index >= 15 is 0 Å². The molecule has 98 valence electrons. The molecule has 1 aliphatic rings. The van der Waals surface area contributed by atoms with E-state index in [1.165, 1.54) is 18.2 Å². The van der Waals surface area contributed by atoms with Crippen LogP contribution in [-0.2, 0) is 4.74 Å². The summed E-state index contributed by atoms with van der Waals surface area (Å²) in [5, 5.41) is 9.58. The van der Waals surface area contributed by atoms with Gasteiger partial charge in [0.1, 0.15) is 17.1 Å². The maximum Gasteiger partial charge on any atom is 0.260 e. The second-order valence-electron chi connectivity index (χ2n) is 4.36. The number of phenols is 1. The SMILES string of the molecule is COC1CCN(C(=O)c2c(O)cccc2F)CC1. The average molecular weight is 253 g/mol. The minimum atomic E-state index is -0.686. The number of likely N-dealkylation sites (tertiary alicyclic amines) is 1. The van der Waals surface area contributed by atoms with E-state index in [0.29, 0.717) is 13.1 Å². The Kier molecular flexibility index (Phi) is 3.81. The molecule has 0 aliphatic carbocycles. The molecule has 1 fully saturated rings. The topological polar surface area (TPSA) is 49.8 Å². The Morgan fingerprint density at radius 2 is 2.11 bits per heavy atom. The molecule has 0 bridgehead atoms. The van der Waals surface area contributed by atoms with Gasteiger partial charge in [-0.05, 0) is 25.0 Å². The molecule has 0 aromatic heterocycles. The maximum absolute atomic E-state index is 13.6. The van der Waals surface area contributed by atoms with E-state index in [0.717, 1.165) is 12.8 Å². The number of piperidine rings is 1. The number of halogens is 1. The van der Waals surface area contributed by atoms with Gasteiger partial charge < -0.3 is 14.7 Å². The Bertz CT molecular complexity index is 422. The van der Waals surface area contributed by atoms with Crippen LogP contribution < -0.4 is 0 Å². The molecule has 0 radical (unpaired) electrons. The number of carbonyl (C=O) groups is 1. The minimum absolute atomic E-state index is 0.156. The van der Waals surface area contributed by atoms with Gasteiger partial charge in [-0.3, -0.25) is 4.79 Å². The number of methoxy groups -OCH3 is 1. The molecule has 1 aromatic carbocycles. The van der Waals surface area contributed by atoms with Crippen molar-refractivity contribution in [3.8, 4) is 5.75 Å². The molecule has 1 N–H and O–H groups in total. The summed E-state index contributed by atoms with van der Waals surface area (Å²) in [6, 6.07) is 3.87. The Morgan fingerprint density at radius 3 is 2.67 bits per heavy atom. The third kappa shape index (κ3) is 2.46. The minimum Gasteiger partial charge on any atom is -0.507 e. The number of rotatable bonds is 2. The second kappa shape index (κ2) is 5.35. The van der Waals surface area contributed by atoms with Crippen molar-refractivity contribution in [2.24, 2.45) is 0 Å². The Hall–Kier alpha value is -1.62. The highest BCUT2D eigenvalue weighted by Crippen LogP contribution is 2.23. The van der Waals surface area contributed by atoms with Crippen LogP contribution in [0.4, 0.5) is 4.39 Å². The predicted molar refractivity (Wildman–Crippen MR) is 64.0 cm³/mol. The van der Waals surface area contributed by atoms with Gasteiger partial charge in [-0.1, -0.05) is 6.07 Å². The summed E-state index contributed by atoms with van der Waals surface area (Å²) in [6.07, 6.45) is 1.62. The van der Waals surface area contributed by atoms with Gasteiger partial charge in [0.2, 0.25) is 0 Å². The summed E-state index contributed by atoms with van der Waals surface area (Å²) in [5.41, 5.74) is -0.242. The molecule has 4 nitrogen and oxygen atoms in total. The largest absolute Gasteiger partial charge is 0.507 e. The van der Waals surface area contributed by atoms with Crippen LogP contribution in [0.1, 0.15) is 23.2 Å². The van der Waals surface area contributed by atoms with Gasteiger partial charge in [0.15, 0.2) is 0 Å². The molecule has 1 aromatic rings. The molecule has 18 heavy (non-hydrogen) atoms. The van der Waals surface area contributed by atoms with Crippen molar-refractivity contribution in [2.75, 3.05) is 20.2 Å². The molecule has 0 saturated carbocycles. The molecule has 1 saturated heterocycles. The first-order chi connectivity index (χ1) is 8.63. The second-order valence-corrected chi connectivity index (χ2v) is 4.36. The van der Waals surface area contributed by atoms with Gasteiger partial charge in [0, 0.05) is 20.2 Å². The zero-order valence-corrected chi connectivity index (χ0v) is 10.2. The van der Waals surface area contributed by atoms with Crippen molar-refractivity contribution in [2.45, 2.75) is 18.9 Å². The summed E-state index contributed by atoms with van der Waals surface area (Å²) in [7, 11) is 1.64. The number of phenolic OH excluding ortho intramolecular Hbond substituents is 1. The number of aromatic hydroxyl groups is 1. The maximum atomic E-state index is 13.6. The Labute approximate surface area is 105 Å². The van der Waals surface area contributed by atoms with Crippen LogP contribution >= 0.6 is 0 Å². The van der Waals surface area contributed by atoms with Gasteiger partial charge >= 0.3 is 0 Å². The van der Waals surface area contributed by atoms with E-state index in [1.54, 1.807) is 12.0 Å². The van der Waals surface area contributed by atoms with E-state index in [1.807, 2.05) is 0 Å². The predicted octanol–water partition coefficient (Wildman–Crippen LogP) is 1.78. The molecule has 0 spiro atoms. The normalized spacial score (nSPS) is 16.9. The molecule has 2 rings (SSSR count). The summed E-state index contributed by atoms with van der Waals surface area (Å²) < 4.78 is 18.8. The zero-order chi connectivity index (χ0) is 13.1. The van der Waals surface area contributed by atoms with Crippen LogP contribution in [-0.4, -0.2) is 42.2 Å². The van der Waals surface area contributed by atoms with Gasteiger partial charge in [-0.2, -0.15) is 0 Å². The summed E-state index contributed by atoms with van der Waals surface area (Å²) >= 11 is 0. The van der Waals surface area contributed by atoms with Crippen molar-refractivity contribution < 1.29 is 19.0 Å². The van der Waals surface area contributed by atoms with Crippen LogP contribution in [0, 0.1) is 5.82 Å². The van der Waals surface area contributed by atoms with E-state index in [2.05, 4.69) is 0 Å². The molecule has 0 unspecified atom stereocenters. The number of benzene rings is 1. The third-order valence-electron chi connectivity index (χ3n) is 3.27. The number of ether oxygens (including phenoxy) is 1. The van der Waals surface area contributed by atoms with E-state index < -0.39 is 11.7 Å². The highest BCUT2D eigenvalue weighted by Gasteiger charge is 2.26. The first kappa shape index (κ1) is 12.8.